The number of carbonyl (C=O) groups is 4. The van der Waals surface area contributed by atoms with Crippen molar-refractivity contribution in [1.82, 2.24) is 0 Å². The summed E-state index contributed by atoms with van der Waals surface area (Å²) in [4.78, 5) is 42.4. The third-order valence-corrected chi connectivity index (χ3v) is 8.20. The SMILES string of the molecule is CCCCCCCCCCCCCCCCOC(=O)/C=C\C(=O)[O-].CCCCCCCCCCCCCCCCOC(=O)/C=C\C(=O)[O-].[Cd+2]. The van der Waals surface area contributed by atoms with Crippen LogP contribution < -0.4 is 10.2 Å². The van der Waals surface area contributed by atoms with E-state index in [0.717, 1.165) is 37.8 Å². The Kier molecular flexibility index (Phi) is 46.7. The number of hydrogen-bond donors (Lipinski definition) is 0. The number of rotatable bonds is 34. The van der Waals surface area contributed by atoms with Crippen molar-refractivity contribution in [2.45, 2.75) is 194 Å². The predicted octanol–water partition coefficient (Wildman–Crippen LogP) is 8.63. The van der Waals surface area contributed by atoms with E-state index in [2.05, 4.69) is 13.8 Å². The Bertz CT molecular complexity index is 746. The van der Waals surface area contributed by atoms with E-state index in [0.29, 0.717) is 25.4 Å². The van der Waals surface area contributed by atoms with E-state index in [1.54, 1.807) is 0 Å². The average Bonchev–Trinajstić information content (AvgIpc) is 3.06. The summed E-state index contributed by atoms with van der Waals surface area (Å²) in [6, 6.07) is 0. The third-order valence-electron chi connectivity index (χ3n) is 8.20. The Hall–Kier alpha value is -1.72. The first-order chi connectivity index (χ1) is 23.3. The van der Waals surface area contributed by atoms with E-state index in [-0.39, 0.29) is 27.3 Å². The van der Waals surface area contributed by atoms with Gasteiger partial charge in [0.1, 0.15) is 0 Å². The van der Waals surface area contributed by atoms with Gasteiger partial charge < -0.3 is 29.3 Å². The molecule has 0 unspecified atom stereocenters. The van der Waals surface area contributed by atoms with Crippen LogP contribution in [-0.4, -0.2) is 37.1 Å². The number of carbonyl (C=O) groups excluding carboxylic acids is 4. The minimum absolute atomic E-state index is 0. The summed E-state index contributed by atoms with van der Waals surface area (Å²) in [6.45, 7) is 5.22. The Morgan fingerprint density at radius 3 is 0.776 bits per heavy atom. The second-order valence-electron chi connectivity index (χ2n) is 12.8. The normalized spacial score (nSPS) is 10.8. The number of ether oxygens (including phenoxy) is 2. The van der Waals surface area contributed by atoms with Crippen LogP contribution >= 0.6 is 0 Å². The maximum absolute atomic E-state index is 11.1. The standard InChI is InChI=1S/2C20H36O4.Cd/c2*1-2-3-4-5-6-7-8-9-10-11-12-13-14-15-18-24-20(23)17-16-19(21)22;/h2*16-17H,2-15,18H2,1H3,(H,21,22);/q;;+2/p-2/b2*17-16-;. The first-order valence-corrected chi connectivity index (χ1v) is 19.4. The van der Waals surface area contributed by atoms with Crippen molar-refractivity contribution in [2.75, 3.05) is 13.2 Å². The van der Waals surface area contributed by atoms with Crippen LogP contribution in [0.2, 0.25) is 0 Å². The van der Waals surface area contributed by atoms with Crippen LogP contribution in [0.1, 0.15) is 194 Å². The van der Waals surface area contributed by atoms with Crippen LogP contribution in [0.4, 0.5) is 0 Å². The van der Waals surface area contributed by atoms with Crippen LogP contribution in [0, 0.1) is 0 Å². The van der Waals surface area contributed by atoms with Gasteiger partial charge in [-0.05, 0) is 25.0 Å². The zero-order valence-corrected chi connectivity index (χ0v) is 35.5. The summed E-state index contributed by atoms with van der Waals surface area (Å²) in [7, 11) is 0. The summed E-state index contributed by atoms with van der Waals surface area (Å²) in [6.07, 6.45) is 39.1. The molecule has 0 saturated carbocycles. The molecule has 49 heavy (non-hydrogen) atoms. The number of hydrogen-bond acceptors (Lipinski definition) is 8. The van der Waals surface area contributed by atoms with Gasteiger partial charge in [0.05, 0.1) is 25.2 Å². The molecule has 0 bridgehead atoms. The summed E-state index contributed by atoms with van der Waals surface area (Å²) in [5, 5.41) is 20.2. The van der Waals surface area contributed by atoms with Crippen molar-refractivity contribution in [3.63, 3.8) is 0 Å². The molecule has 0 heterocycles. The van der Waals surface area contributed by atoms with Gasteiger partial charge in [-0.3, -0.25) is 0 Å². The number of carboxylic acid groups (broad SMARTS) is 2. The fourth-order valence-corrected chi connectivity index (χ4v) is 5.31. The van der Waals surface area contributed by atoms with Crippen molar-refractivity contribution in [1.29, 1.82) is 0 Å². The quantitative estimate of drug-likeness (QED) is 0.0274. The fourth-order valence-electron chi connectivity index (χ4n) is 5.31. The molecule has 0 aromatic carbocycles. The maximum Gasteiger partial charge on any atom is 2.00 e. The van der Waals surface area contributed by atoms with Crippen LogP contribution in [0.25, 0.3) is 0 Å². The molecule has 0 radical (unpaired) electrons. The molecule has 9 heteroatoms. The Labute approximate surface area is 319 Å². The molecule has 0 rings (SSSR count). The fraction of sp³-hybridized carbons (Fsp3) is 0.800. The van der Waals surface area contributed by atoms with Gasteiger partial charge in [0.15, 0.2) is 0 Å². The smallest absolute Gasteiger partial charge is 0.545 e. The van der Waals surface area contributed by atoms with Gasteiger partial charge in [-0.25, -0.2) is 9.59 Å². The summed E-state index contributed by atoms with van der Waals surface area (Å²) in [5.74, 6) is -4.00. The van der Waals surface area contributed by atoms with Gasteiger partial charge in [-0.1, -0.05) is 181 Å². The van der Waals surface area contributed by atoms with Gasteiger partial charge in [0.2, 0.25) is 0 Å². The molecule has 0 aromatic rings. The molecule has 280 valence electrons. The van der Waals surface area contributed by atoms with Gasteiger partial charge >= 0.3 is 39.2 Å². The maximum atomic E-state index is 11.1. The minimum Gasteiger partial charge on any atom is -0.545 e. The van der Waals surface area contributed by atoms with Gasteiger partial charge in [-0.15, -0.1) is 0 Å². The van der Waals surface area contributed by atoms with Gasteiger partial charge in [0, 0.05) is 12.2 Å². The number of esters is 2. The van der Waals surface area contributed by atoms with Crippen molar-refractivity contribution in [2.24, 2.45) is 0 Å². The molecule has 0 saturated heterocycles. The van der Waals surface area contributed by atoms with Crippen LogP contribution in [-0.2, 0) is 56.0 Å². The molecule has 0 aliphatic rings. The topological polar surface area (TPSA) is 133 Å². The molecular weight excluding hydrogens is 721 g/mol. The summed E-state index contributed by atoms with van der Waals surface area (Å²) >= 11 is 0. The van der Waals surface area contributed by atoms with E-state index in [9.17, 15) is 29.4 Å². The number of aliphatic carboxylic acids is 2. The second kappa shape index (κ2) is 44.3. The minimum atomic E-state index is -1.39. The first kappa shape index (κ1) is 51.6. The van der Waals surface area contributed by atoms with E-state index in [1.807, 2.05) is 0 Å². The molecule has 0 atom stereocenters. The average molecular weight is 791 g/mol. The van der Waals surface area contributed by atoms with Crippen LogP contribution in [0.5, 0.6) is 0 Å². The van der Waals surface area contributed by atoms with E-state index >= 15 is 0 Å². The first-order valence-electron chi connectivity index (χ1n) is 19.4. The van der Waals surface area contributed by atoms with E-state index < -0.39 is 23.9 Å². The van der Waals surface area contributed by atoms with Crippen molar-refractivity contribution < 1.29 is 66.2 Å². The predicted molar refractivity (Wildman–Crippen MR) is 191 cm³/mol. The molecule has 0 N–H and O–H groups in total. The number of unbranched alkanes of at least 4 members (excludes halogenated alkanes) is 26. The van der Waals surface area contributed by atoms with Crippen molar-refractivity contribution in [3.05, 3.63) is 24.3 Å². The molecular formula is C40H70CdO8. The van der Waals surface area contributed by atoms with Gasteiger partial charge in [-0.2, -0.15) is 0 Å². The second-order valence-corrected chi connectivity index (χ2v) is 12.8. The van der Waals surface area contributed by atoms with E-state index in [4.69, 9.17) is 9.47 Å². The molecule has 0 amide bonds. The molecule has 0 aliphatic heterocycles. The molecule has 0 aromatic heterocycles. The zero-order valence-electron chi connectivity index (χ0n) is 31.5. The molecule has 8 nitrogen and oxygen atoms in total. The van der Waals surface area contributed by atoms with Gasteiger partial charge in [0.25, 0.3) is 0 Å². The molecule has 0 aliphatic carbocycles. The zero-order chi connectivity index (χ0) is 35.8. The Morgan fingerprint density at radius 2 is 0.571 bits per heavy atom. The monoisotopic (exact) mass is 792 g/mol. The summed E-state index contributed by atoms with van der Waals surface area (Å²) in [5.41, 5.74) is 0. The van der Waals surface area contributed by atoms with Crippen molar-refractivity contribution in [3.8, 4) is 0 Å². The summed E-state index contributed by atoms with van der Waals surface area (Å²) < 4.78 is 9.77. The largest absolute Gasteiger partial charge is 2.00 e. The Morgan fingerprint density at radius 1 is 0.367 bits per heavy atom. The third kappa shape index (κ3) is 50.8. The van der Waals surface area contributed by atoms with Crippen LogP contribution in [0.3, 0.4) is 0 Å². The number of carboxylic acids is 2. The molecule has 0 spiro atoms. The van der Waals surface area contributed by atoms with Crippen molar-refractivity contribution >= 4 is 23.9 Å². The van der Waals surface area contributed by atoms with E-state index in [1.165, 1.54) is 154 Å². The van der Waals surface area contributed by atoms with Crippen LogP contribution in [0.15, 0.2) is 24.3 Å². The molecule has 0 fully saturated rings. The Balaban J connectivity index is -0.000000846.